The van der Waals surface area contributed by atoms with Crippen LogP contribution >= 0.6 is 15.9 Å². The van der Waals surface area contributed by atoms with E-state index in [-0.39, 0.29) is 5.92 Å². The Kier molecular flexibility index (Phi) is 4.63. The molecule has 0 bridgehead atoms. The minimum Gasteiger partial charge on any atom is -0.497 e. The standard InChI is InChI=1S/C14H16BrNO3/c1-18-10-4-2-9(3-5-10)12(8-16)13(17)11-6-7-19-14(11)15/h2-7,12-13,17H,8,16H2,1H3. The Morgan fingerprint density at radius 2 is 2.00 bits per heavy atom. The van der Waals surface area contributed by atoms with Gasteiger partial charge < -0.3 is 20.0 Å². The number of furan rings is 1. The summed E-state index contributed by atoms with van der Waals surface area (Å²) in [4.78, 5) is 0. The van der Waals surface area contributed by atoms with Crippen molar-refractivity contribution >= 4 is 15.9 Å². The Labute approximate surface area is 120 Å². The van der Waals surface area contributed by atoms with Gasteiger partial charge in [-0.25, -0.2) is 0 Å². The van der Waals surface area contributed by atoms with Gasteiger partial charge in [0.2, 0.25) is 0 Å². The zero-order valence-electron chi connectivity index (χ0n) is 10.5. The van der Waals surface area contributed by atoms with E-state index in [0.717, 1.165) is 11.3 Å². The summed E-state index contributed by atoms with van der Waals surface area (Å²) in [5.41, 5.74) is 7.46. The summed E-state index contributed by atoms with van der Waals surface area (Å²) >= 11 is 3.27. The number of halogens is 1. The molecule has 2 unspecified atom stereocenters. The van der Waals surface area contributed by atoms with Crippen molar-refractivity contribution in [2.24, 2.45) is 5.73 Å². The third-order valence-electron chi connectivity index (χ3n) is 3.14. The van der Waals surface area contributed by atoms with Crippen LogP contribution in [0.15, 0.2) is 45.7 Å². The first kappa shape index (κ1) is 14.1. The number of aliphatic hydroxyl groups is 1. The molecule has 0 radical (unpaired) electrons. The predicted octanol–water partition coefficient (Wildman–Crippen LogP) is 2.83. The molecule has 4 nitrogen and oxygen atoms in total. The van der Waals surface area contributed by atoms with Crippen molar-refractivity contribution in [3.05, 3.63) is 52.4 Å². The van der Waals surface area contributed by atoms with Gasteiger partial charge in [0.1, 0.15) is 5.75 Å². The molecule has 1 aromatic carbocycles. The normalized spacial score (nSPS) is 14.1. The Morgan fingerprint density at radius 3 is 2.47 bits per heavy atom. The molecule has 19 heavy (non-hydrogen) atoms. The van der Waals surface area contributed by atoms with E-state index < -0.39 is 6.10 Å². The molecule has 0 amide bonds. The number of methoxy groups -OCH3 is 1. The maximum Gasteiger partial charge on any atom is 0.174 e. The fourth-order valence-corrected chi connectivity index (χ4v) is 2.51. The minimum atomic E-state index is -0.716. The molecule has 2 rings (SSSR count). The molecular formula is C14H16BrNO3. The van der Waals surface area contributed by atoms with Gasteiger partial charge in [0.05, 0.1) is 19.5 Å². The molecular weight excluding hydrogens is 310 g/mol. The van der Waals surface area contributed by atoms with Gasteiger partial charge in [0, 0.05) is 18.0 Å². The monoisotopic (exact) mass is 325 g/mol. The highest BCUT2D eigenvalue weighted by molar-refractivity contribution is 9.10. The summed E-state index contributed by atoms with van der Waals surface area (Å²) in [5.74, 6) is 0.582. The average Bonchev–Trinajstić information content (AvgIpc) is 2.86. The predicted molar refractivity (Wildman–Crippen MR) is 76.2 cm³/mol. The summed E-state index contributed by atoms with van der Waals surface area (Å²) in [6.45, 7) is 0.338. The lowest BCUT2D eigenvalue weighted by molar-refractivity contribution is 0.145. The highest BCUT2D eigenvalue weighted by Crippen LogP contribution is 2.35. The van der Waals surface area contributed by atoms with E-state index in [1.165, 1.54) is 6.26 Å². The van der Waals surface area contributed by atoms with E-state index in [1.807, 2.05) is 24.3 Å². The fourth-order valence-electron chi connectivity index (χ4n) is 2.03. The fraction of sp³-hybridized carbons (Fsp3) is 0.286. The van der Waals surface area contributed by atoms with Crippen LogP contribution in [0.25, 0.3) is 0 Å². The van der Waals surface area contributed by atoms with Crippen LogP contribution in [-0.4, -0.2) is 18.8 Å². The molecule has 102 valence electrons. The number of ether oxygens (including phenoxy) is 1. The molecule has 0 saturated carbocycles. The Hall–Kier alpha value is -1.30. The van der Waals surface area contributed by atoms with Crippen LogP contribution in [-0.2, 0) is 0 Å². The van der Waals surface area contributed by atoms with E-state index in [0.29, 0.717) is 16.8 Å². The van der Waals surface area contributed by atoms with Crippen LogP contribution in [0, 0.1) is 0 Å². The van der Waals surface area contributed by atoms with Crippen molar-refractivity contribution in [3.63, 3.8) is 0 Å². The van der Waals surface area contributed by atoms with E-state index in [2.05, 4.69) is 15.9 Å². The van der Waals surface area contributed by atoms with Crippen molar-refractivity contribution in [2.45, 2.75) is 12.0 Å². The molecule has 0 aliphatic rings. The molecule has 0 aliphatic carbocycles. The second-order valence-electron chi connectivity index (χ2n) is 4.21. The molecule has 1 heterocycles. The minimum absolute atomic E-state index is 0.195. The van der Waals surface area contributed by atoms with Gasteiger partial charge in [0.25, 0.3) is 0 Å². The zero-order valence-corrected chi connectivity index (χ0v) is 12.1. The summed E-state index contributed by atoms with van der Waals surface area (Å²) < 4.78 is 10.8. The summed E-state index contributed by atoms with van der Waals surface area (Å²) in [5, 5.41) is 10.4. The highest BCUT2D eigenvalue weighted by Gasteiger charge is 2.24. The largest absolute Gasteiger partial charge is 0.497 e. The van der Waals surface area contributed by atoms with Crippen molar-refractivity contribution in [1.29, 1.82) is 0 Å². The van der Waals surface area contributed by atoms with Crippen LogP contribution in [0.3, 0.4) is 0 Å². The van der Waals surface area contributed by atoms with Crippen LogP contribution < -0.4 is 10.5 Å². The van der Waals surface area contributed by atoms with E-state index >= 15 is 0 Å². The first-order chi connectivity index (χ1) is 9.17. The zero-order chi connectivity index (χ0) is 13.8. The molecule has 0 spiro atoms. The molecule has 2 atom stereocenters. The van der Waals surface area contributed by atoms with Gasteiger partial charge in [-0.3, -0.25) is 0 Å². The average molecular weight is 326 g/mol. The smallest absolute Gasteiger partial charge is 0.174 e. The maximum absolute atomic E-state index is 10.4. The number of hydrogen-bond donors (Lipinski definition) is 2. The Balaban J connectivity index is 2.26. The van der Waals surface area contributed by atoms with Crippen LogP contribution in [0.1, 0.15) is 23.1 Å². The molecule has 3 N–H and O–H groups in total. The van der Waals surface area contributed by atoms with Crippen molar-refractivity contribution in [2.75, 3.05) is 13.7 Å². The van der Waals surface area contributed by atoms with E-state index in [9.17, 15) is 5.11 Å². The molecule has 0 fully saturated rings. The van der Waals surface area contributed by atoms with Crippen molar-refractivity contribution in [1.82, 2.24) is 0 Å². The molecule has 1 aromatic heterocycles. The lowest BCUT2D eigenvalue weighted by Gasteiger charge is -2.21. The topological polar surface area (TPSA) is 68.6 Å². The highest BCUT2D eigenvalue weighted by atomic mass is 79.9. The molecule has 5 heteroatoms. The van der Waals surface area contributed by atoms with Gasteiger partial charge in [-0.15, -0.1) is 0 Å². The molecule has 0 aliphatic heterocycles. The summed E-state index contributed by atoms with van der Waals surface area (Å²) in [6, 6.07) is 9.27. The number of rotatable bonds is 5. The first-order valence-electron chi connectivity index (χ1n) is 5.92. The van der Waals surface area contributed by atoms with Crippen molar-refractivity contribution in [3.8, 4) is 5.75 Å². The van der Waals surface area contributed by atoms with E-state index in [4.69, 9.17) is 14.9 Å². The third-order valence-corrected chi connectivity index (χ3v) is 3.79. The summed E-state index contributed by atoms with van der Waals surface area (Å²) in [6.07, 6.45) is 0.816. The van der Waals surface area contributed by atoms with Crippen LogP contribution in [0.4, 0.5) is 0 Å². The van der Waals surface area contributed by atoms with Gasteiger partial charge in [-0.2, -0.15) is 0 Å². The lowest BCUT2D eigenvalue weighted by atomic mass is 9.90. The second kappa shape index (κ2) is 6.23. The quantitative estimate of drug-likeness (QED) is 0.886. The van der Waals surface area contributed by atoms with Gasteiger partial charge in [0.15, 0.2) is 4.67 Å². The number of nitrogens with two attached hydrogens (primary N) is 1. The second-order valence-corrected chi connectivity index (χ2v) is 4.93. The van der Waals surface area contributed by atoms with Crippen molar-refractivity contribution < 1.29 is 14.3 Å². The molecule has 2 aromatic rings. The lowest BCUT2D eigenvalue weighted by Crippen LogP contribution is -2.20. The van der Waals surface area contributed by atoms with Crippen LogP contribution in [0.2, 0.25) is 0 Å². The Bertz CT molecular complexity index is 524. The van der Waals surface area contributed by atoms with Gasteiger partial charge in [-0.1, -0.05) is 12.1 Å². The van der Waals surface area contributed by atoms with Crippen LogP contribution in [0.5, 0.6) is 5.75 Å². The summed E-state index contributed by atoms with van der Waals surface area (Å²) in [7, 11) is 1.62. The van der Waals surface area contributed by atoms with Gasteiger partial charge in [-0.05, 0) is 39.7 Å². The number of aliphatic hydroxyl groups excluding tert-OH is 1. The molecule has 0 saturated heterocycles. The number of benzene rings is 1. The first-order valence-corrected chi connectivity index (χ1v) is 6.71. The maximum atomic E-state index is 10.4. The SMILES string of the molecule is COc1ccc(C(CN)C(O)c2ccoc2Br)cc1. The van der Waals surface area contributed by atoms with Gasteiger partial charge >= 0.3 is 0 Å². The Morgan fingerprint density at radius 1 is 1.32 bits per heavy atom. The third kappa shape index (κ3) is 3.00. The van der Waals surface area contributed by atoms with E-state index in [1.54, 1.807) is 13.2 Å². The number of hydrogen-bond acceptors (Lipinski definition) is 4.